The fourth-order valence-corrected chi connectivity index (χ4v) is 4.92. The van der Waals surface area contributed by atoms with Gasteiger partial charge in [0.2, 0.25) is 0 Å². The molecule has 164 valence electrons. The van der Waals surface area contributed by atoms with Gasteiger partial charge in [0.25, 0.3) is 11.8 Å². The molecule has 0 aromatic heterocycles. The largest absolute Gasteiger partial charge is 0.488 e. The van der Waals surface area contributed by atoms with Gasteiger partial charge in [-0.3, -0.25) is 9.59 Å². The molecule has 2 aromatic rings. The fourth-order valence-electron chi connectivity index (χ4n) is 4.92. The lowest BCUT2D eigenvalue weighted by molar-refractivity contribution is -0.140. The maximum atomic E-state index is 14.0. The zero-order valence-corrected chi connectivity index (χ0v) is 17.9. The van der Waals surface area contributed by atoms with E-state index in [0.29, 0.717) is 16.9 Å². The summed E-state index contributed by atoms with van der Waals surface area (Å²) in [6.07, 6.45) is 6.46. The first kappa shape index (κ1) is 20.4. The number of hydrogen-bond donors (Lipinski definition) is 0. The predicted octanol–water partition coefficient (Wildman–Crippen LogP) is 3.61. The number of ether oxygens (including phenoxy) is 1. The number of carbonyl (C=O) groups excluding carboxylic acids is 2. The van der Waals surface area contributed by atoms with Gasteiger partial charge in [0.1, 0.15) is 18.2 Å². The highest BCUT2D eigenvalue weighted by atomic mass is 19.1. The SMILES string of the molecule is CN(C)c1ccc(C=NN2C(=O)C3C4C=CC(C4)C3C2=O)c(OCc2ccccc2F)c1. The zero-order valence-electron chi connectivity index (χ0n) is 17.9. The second kappa shape index (κ2) is 7.89. The fraction of sp³-hybridized carbons (Fsp3) is 0.320. The van der Waals surface area contributed by atoms with Crippen LogP contribution in [0.5, 0.6) is 5.75 Å². The van der Waals surface area contributed by atoms with Gasteiger partial charge in [0, 0.05) is 37.0 Å². The van der Waals surface area contributed by atoms with Crippen LogP contribution >= 0.6 is 0 Å². The van der Waals surface area contributed by atoms with Gasteiger partial charge < -0.3 is 9.64 Å². The summed E-state index contributed by atoms with van der Waals surface area (Å²) < 4.78 is 19.9. The van der Waals surface area contributed by atoms with Crippen molar-refractivity contribution in [1.29, 1.82) is 0 Å². The Balaban J connectivity index is 1.39. The standard InChI is InChI=1S/C25H24FN3O3/c1-28(2)19-10-9-17(21(12-19)32-14-18-5-3-4-6-20(18)26)13-27-29-24(30)22-15-7-8-16(11-15)23(22)25(29)31/h3-10,12-13,15-16,22-23H,11,14H2,1-2H3. The number of carbonyl (C=O) groups is 2. The quantitative estimate of drug-likeness (QED) is 0.397. The molecule has 2 fully saturated rings. The zero-order chi connectivity index (χ0) is 22.4. The monoisotopic (exact) mass is 433 g/mol. The van der Waals surface area contributed by atoms with Gasteiger partial charge in [-0.15, -0.1) is 0 Å². The Morgan fingerprint density at radius 2 is 1.78 bits per heavy atom. The molecular formula is C25H24FN3O3. The Bertz CT molecular complexity index is 1110. The summed E-state index contributed by atoms with van der Waals surface area (Å²) in [6, 6.07) is 12.0. The molecule has 3 aliphatic rings. The smallest absolute Gasteiger partial charge is 0.254 e. The van der Waals surface area contributed by atoms with Crippen LogP contribution in [-0.4, -0.2) is 37.1 Å². The predicted molar refractivity (Wildman–Crippen MR) is 119 cm³/mol. The highest BCUT2D eigenvalue weighted by Gasteiger charge is 2.59. The molecule has 32 heavy (non-hydrogen) atoms. The van der Waals surface area contributed by atoms with Gasteiger partial charge in [0.15, 0.2) is 0 Å². The van der Waals surface area contributed by atoms with E-state index < -0.39 is 0 Å². The highest BCUT2D eigenvalue weighted by Crippen LogP contribution is 2.52. The molecule has 2 aromatic carbocycles. The van der Waals surface area contributed by atoms with Gasteiger partial charge in [0.05, 0.1) is 18.1 Å². The number of rotatable bonds is 6. The summed E-state index contributed by atoms with van der Waals surface area (Å²) in [6.45, 7) is 0.0468. The molecule has 2 amide bonds. The molecule has 6 nitrogen and oxygen atoms in total. The lowest BCUT2D eigenvalue weighted by atomic mass is 9.85. The van der Waals surface area contributed by atoms with Crippen molar-refractivity contribution in [3.63, 3.8) is 0 Å². The summed E-state index contributed by atoms with van der Waals surface area (Å²) in [5.41, 5.74) is 1.94. The third-order valence-electron chi connectivity index (χ3n) is 6.61. The Kier molecular flexibility index (Phi) is 5.04. The molecule has 5 rings (SSSR count). The van der Waals surface area contributed by atoms with E-state index in [9.17, 15) is 14.0 Å². The van der Waals surface area contributed by atoms with Crippen LogP contribution in [0, 0.1) is 29.5 Å². The molecule has 2 aliphatic carbocycles. The molecule has 7 heteroatoms. The number of benzene rings is 2. The summed E-state index contributed by atoms with van der Waals surface area (Å²) in [4.78, 5) is 27.7. The van der Waals surface area contributed by atoms with Crippen LogP contribution in [0.15, 0.2) is 59.7 Å². The summed E-state index contributed by atoms with van der Waals surface area (Å²) in [7, 11) is 3.82. The van der Waals surface area contributed by atoms with Crippen LogP contribution in [0.1, 0.15) is 17.5 Å². The molecule has 1 aliphatic heterocycles. The van der Waals surface area contributed by atoms with Crippen molar-refractivity contribution in [2.75, 3.05) is 19.0 Å². The van der Waals surface area contributed by atoms with Gasteiger partial charge in [-0.1, -0.05) is 30.4 Å². The second-order valence-electron chi connectivity index (χ2n) is 8.73. The molecule has 4 atom stereocenters. The first-order valence-electron chi connectivity index (χ1n) is 10.7. The summed E-state index contributed by atoms with van der Waals surface area (Å²) in [5, 5.41) is 5.27. The first-order valence-corrected chi connectivity index (χ1v) is 10.7. The van der Waals surface area contributed by atoms with Crippen molar-refractivity contribution >= 4 is 23.7 Å². The van der Waals surface area contributed by atoms with Crippen molar-refractivity contribution in [1.82, 2.24) is 5.01 Å². The lowest BCUT2D eigenvalue weighted by Gasteiger charge is -2.17. The van der Waals surface area contributed by atoms with Crippen LogP contribution < -0.4 is 9.64 Å². The van der Waals surface area contributed by atoms with Crippen LogP contribution in [0.25, 0.3) is 0 Å². The van der Waals surface area contributed by atoms with Crippen molar-refractivity contribution in [2.45, 2.75) is 13.0 Å². The third kappa shape index (κ3) is 3.38. The normalized spacial score (nSPS) is 25.8. The molecule has 2 bridgehead atoms. The maximum Gasteiger partial charge on any atom is 0.254 e. The van der Waals surface area contributed by atoms with Crippen LogP contribution in [-0.2, 0) is 16.2 Å². The Hall–Kier alpha value is -3.48. The Morgan fingerprint density at radius 1 is 1.09 bits per heavy atom. The van der Waals surface area contributed by atoms with Crippen molar-refractivity contribution in [3.05, 3.63) is 71.6 Å². The van der Waals surface area contributed by atoms with E-state index in [0.717, 1.165) is 17.1 Å². The van der Waals surface area contributed by atoms with Gasteiger partial charge in [-0.25, -0.2) is 4.39 Å². The number of amides is 2. The Labute approximate surface area is 186 Å². The minimum Gasteiger partial charge on any atom is -0.488 e. The molecule has 1 saturated carbocycles. The van der Waals surface area contributed by atoms with E-state index in [1.807, 2.05) is 37.2 Å². The second-order valence-corrected chi connectivity index (χ2v) is 8.73. The average molecular weight is 433 g/mol. The molecule has 0 N–H and O–H groups in total. The first-order chi connectivity index (χ1) is 15.4. The van der Waals surface area contributed by atoms with Crippen molar-refractivity contribution in [2.24, 2.45) is 28.8 Å². The van der Waals surface area contributed by atoms with Gasteiger partial charge >= 0.3 is 0 Å². The topological polar surface area (TPSA) is 62.2 Å². The molecule has 0 radical (unpaired) electrons. The van der Waals surface area contributed by atoms with Crippen LogP contribution in [0.3, 0.4) is 0 Å². The number of imide groups is 1. The van der Waals surface area contributed by atoms with Gasteiger partial charge in [-0.05, 0) is 36.5 Å². The average Bonchev–Trinajstić information content (AvgIpc) is 3.46. The molecule has 1 heterocycles. The third-order valence-corrected chi connectivity index (χ3v) is 6.61. The molecule has 1 saturated heterocycles. The number of fused-ring (bicyclic) bond motifs is 5. The van der Waals surface area contributed by atoms with E-state index in [1.165, 1.54) is 12.3 Å². The summed E-state index contributed by atoms with van der Waals surface area (Å²) in [5.74, 6) is -0.608. The van der Waals surface area contributed by atoms with E-state index in [4.69, 9.17) is 4.74 Å². The number of allylic oxidation sites excluding steroid dienone is 2. The number of nitrogens with zero attached hydrogens (tertiary/aromatic N) is 3. The van der Waals surface area contributed by atoms with E-state index >= 15 is 0 Å². The minimum atomic E-state index is -0.338. The molecular weight excluding hydrogens is 409 g/mol. The van der Waals surface area contributed by atoms with Crippen molar-refractivity contribution in [3.8, 4) is 5.75 Å². The van der Waals surface area contributed by atoms with Crippen molar-refractivity contribution < 1.29 is 18.7 Å². The molecule has 0 spiro atoms. The van der Waals surface area contributed by atoms with Crippen LogP contribution in [0.4, 0.5) is 10.1 Å². The number of hydrazone groups is 1. The lowest BCUT2D eigenvalue weighted by Crippen LogP contribution is -2.28. The van der Waals surface area contributed by atoms with E-state index in [-0.39, 0.29) is 47.9 Å². The summed E-state index contributed by atoms with van der Waals surface area (Å²) >= 11 is 0. The van der Waals surface area contributed by atoms with E-state index in [1.54, 1.807) is 18.2 Å². The maximum absolute atomic E-state index is 14.0. The Morgan fingerprint density at radius 3 is 2.44 bits per heavy atom. The number of halogens is 1. The minimum absolute atomic E-state index is 0.0468. The highest BCUT2D eigenvalue weighted by molar-refractivity contribution is 6.07. The number of anilines is 1. The van der Waals surface area contributed by atoms with Crippen LogP contribution in [0.2, 0.25) is 0 Å². The molecule has 4 unspecified atom stereocenters. The number of hydrogen-bond acceptors (Lipinski definition) is 5. The van der Waals surface area contributed by atoms with E-state index in [2.05, 4.69) is 17.3 Å². The van der Waals surface area contributed by atoms with Gasteiger partial charge in [-0.2, -0.15) is 10.1 Å².